The van der Waals surface area contributed by atoms with Gasteiger partial charge in [0.25, 0.3) is 0 Å². The molecule has 0 unspecified atom stereocenters. The Labute approximate surface area is 94.8 Å². The summed E-state index contributed by atoms with van der Waals surface area (Å²) in [5.74, 6) is -0.245. The molecule has 3 nitrogen and oxygen atoms in total. The molecule has 0 spiro atoms. The summed E-state index contributed by atoms with van der Waals surface area (Å²) in [6.07, 6.45) is 1.13. The van der Waals surface area contributed by atoms with Gasteiger partial charge in [0.05, 0.1) is 0 Å². The zero-order valence-corrected chi connectivity index (χ0v) is 9.42. The normalized spacial score (nSPS) is 10.2. The van der Waals surface area contributed by atoms with Crippen LogP contribution >= 0.6 is 0 Å². The predicted molar refractivity (Wildman–Crippen MR) is 61.3 cm³/mol. The summed E-state index contributed by atoms with van der Waals surface area (Å²) in [5.41, 5.74) is 6.79. The van der Waals surface area contributed by atoms with Crippen molar-refractivity contribution in [1.82, 2.24) is 5.32 Å². The highest BCUT2D eigenvalue weighted by molar-refractivity contribution is 5.75. The molecular weight excluding hydrogens is 207 g/mol. The van der Waals surface area contributed by atoms with E-state index in [9.17, 15) is 9.18 Å². The van der Waals surface area contributed by atoms with Gasteiger partial charge in [0.1, 0.15) is 5.82 Å². The summed E-state index contributed by atoms with van der Waals surface area (Å²) in [5, 5.41) is 2.76. The second kappa shape index (κ2) is 6.23. The van der Waals surface area contributed by atoms with E-state index in [2.05, 4.69) is 5.32 Å². The van der Waals surface area contributed by atoms with E-state index in [-0.39, 0.29) is 11.7 Å². The van der Waals surface area contributed by atoms with E-state index in [1.54, 1.807) is 19.1 Å². The molecule has 0 aliphatic heterocycles. The van der Waals surface area contributed by atoms with Crippen LogP contribution in [-0.4, -0.2) is 12.5 Å². The number of carbonyl (C=O) groups excluding carboxylic acids is 1. The van der Waals surface area contributed by atoms with Crippen molar-refractivity contribution in [3.63, 3.8) is 0 Å². The Morgan fingerprint density at radius 2 is 2.25 bits per heavy atom. The molecule has 0 bridgehead atoms. The SMILES string of the molecule is Cc1cc(CNC(=O)CCCN)ccc1F. The van der Waals surface area contributed by atoms with E-state index in [0.29, 0.717) is 31.5 Å². The van der Waals surface area contributed by atoms with Gasteiger partial charge in [0.15, 0.2) is 0 Å². The first-order chi connectivity index (χ1) is 7.63. The fourth-order valence-electron chi connectivity index (χ4n) is 1.37. The average Bonchev–Trinajstić information content (AvgIpc) is 2.28. The molecule has 0 saturated heterocycles. The van der Waals surface area contributed by atoms with Crippen LogP contribution in [0.1, 0.15) is 24.0 Å². The lowest BCUT2D eigenvalue weighted by Gasteiger charge is -2.06. The van der Waals surface area contributed by atoms with Crippen LogP contribution < -0.4 is 11.1 Å². The molecule has 88 valence electrons. The average molecular weight is 224 g/mol. The van der Waals surface area contributed by atoms with E-state index >= 15 is 0 Å². The third-order valence-corrected chi connectivity index (χ3v) is 2.32. The molecule has 0 heterocycles. The molecule has 0 aliphatic carbocycles. The summed E-state index contributed by atoms with van der Waals surface area (Å²) in [4.78, 5) is 11.3. The monoisotopic (exact) mass is 224 g/mol. The Morgan fingerprint density at radius 1 is 1.50 bits per heavy atom. The molecule has 0 radical (unpaired) electrons. The summed E-state index contributed by atoms with van der Waals surface area (Å²) in [6, 6.07) is 4.82. The van der Waals surface area contributed by atoms with Crippen LogP contribution in [0.5, 0.6) is 0 Å². The van der Waals surface area contributed by atoms with Gasteiger partial charge < -0.3 is 11.1 Å². The number of benzene rings is 1. The number of nitrogens with two attached hydrogens (primary N) is 1. The highest BCUT2D eigenvalue weighted by Gasteiger charge is 2.02. The second-order valence-corrected chi connectivity index (χ2v) is 3.75. The molecule has 1 aromatic rings. The molecule has 0 aromatic heterocycles. The largest absolute Gasteiger partial charge is 0.352 e. The topological polar surface area (TPSA) is 55.1 Å². The lowest BCUT2D eigenvalue weighted by Crippen LogP contribution is -2.23. The third kappa shape index (κ3) is 3.98. The number of nitrogens with one attached hydrogen (secondary N) is 1. The van der Waals surface area contributed by atoms with Crippen molar-refractivity contribution in [2.24, 2.45) is 5.73 Å². The Hall–Kier alpha value is -1.42. The number of hydrogen-bond donors (Lipinski definition) is 2. The predicted octanol–water partition coefficient (Wildman–Crippen LogP) is 1.49. The van der Waals surface area contributed by atoms with Crippen LogP contribution in [0, 0.1) is 12.7 Å². The number of rotatable bonds is 5. The highest BCUT2D eigenvalue weighted by atomic mass is 19.1. The molecule has 1 aromatic carbocycles. The lowest BCUT2D eigenvalue weighted by molar-refractivity contribution is -0.121. The van der Waals surface area contributed by atoms with E-state index < -0.39 is 0 Å². The van der Waals surface area contributed by atoms with Crippen molar-refractivity contribution in [2.45, 2.75) is 26.3 Å². The Morgan fingerprint density at radius 3 is 2.88 bits per heavy atom. The molecule has 0 fully saturated rings. The zero-order chi connectivity index (χ0) is 12.0. The maximum Gasteiger partial charge on any atom is 0.220 e. The Kier molecular flexibility index (Phi) is 4.92. The van der Waals surface area contributed by atoms with Crippen molar-refractivity contribution in [2.75, 3.05) is 6.54 Å². The maximum atomic E-state index is 13.0. The molecule has 1 amide bonds. The van der Waals surface area contributed by atoms with Crippen LogP contribution in [-0.2, 0) is 11.3 Å². The van der Waals surface area contributed by atoms with Gasteiger partial charge in [0, 0.05) is 13.0 Å². The molecular formula is C12H17FN2O. The molecule has 16 heavy (non-hydrogen) atoms. The summed E-state index contributed by atoms with van der Waals surface area (Å²) in [6.45, 7) is 2.66. The van der Waals surface area contributed by atoms with Crippen molar-refractivity contribution in [3.8, 4) is 0 Å². The number of aryl methyl sites for hydroxylation is 1. The smallest absolute Gasteiger partial charge is 0.220 e. The van der Waals surface area contributed by atoms with Gasteiger partial charge in [-0.15, -0.1) is 0 Å². The molecule has 3 N–H and O–H groups in total. The van der Waals surface area contributed by atoms with Crippen molar-refractivity contribution < 1.29 is 9.18 Å². The summed E-state index contributed by atoms with van der Waals surface area (Å²) < 4.78 is 13.0. The minimum Gasteiger partial charge on any atom is -0.352 e. The minimum absolute atomic E-state index is 0.0209. The maximum absolute atomic E-state index is 13.0. The van der Waals surface area contributed by atoms with E-state index in [4.69, 9.17) is 5.73 Å². The molecule has 0 aliphatic rings. The lowest BCUT2D eigenvalue weighted by atomic mass is 10.1. The van der Waals surface area contributed by atoms with Crippen LogP contribution in [0.15, 0.2) is 18.2 Å². The van der Waals surface area contributed by atoms with Crippen molar-refractivity contribution in [3.05, 3.63) is 35.1 Å². The van der Waals surface area contributed by atoms with Gasteiger partial charge in [-0.25, -0.2) is 4.39 Å². The molecule has 0 saturated carbocycles. The highest BCUT2D eigenvalue weighted by Crippen LogP contribution is 2.08. The number of carbonyl (C=O) groups is 1. The summed E-state index contributed by atoms with van der Waals surface area (Å²) in [7, 11) is 0. The third-order valence-electron chi connectivity index (χ3n) is 2.32. The van der Waals surface area contributed by atoms with Crippen LogP contribution in [0.25, 0.3) is 0 Å². The Bertz CT molecular complexity index is 366. The first-order valence-corrected chi connectivity index (χ1v) is 5.35. The van der Waals surface area contributed by atoms with Crippen molar-refractivity contribution >= 4 is 5.91 Å². The fourth-order valence-corrected chi connectivity index (χ4v) is 1.37. The van der Waals surface area contributed by atoms with Crippen LogP contribution in [0.4, 0.5) is 4.39 Å². The first-order valence-electron chi connectivity index (χ1n) is 5.35. The van der Waals surface area contributed by atoms with Gasteiger partial charge in [0.2, 0.25) is 5.91 Å². The van der Waals surface area contributed by atoms with Gasteiger partial charge >= 0.3 is 0 Å². The van der Waals surface area contributed by atoms with Crippen molar-refractivity contribution in [1.29, 1.82) is 0 Å². The second-order valence-electron chi connectivity index (χ2n) is 3.75. The van der Waals surface area contributed by atoms with E-state index in [0.717, 1.165) is 5.56 Å². The van der Waals surface area contributed by atoms with Crippen LogP contribution in [0.2, 0.25) is 0 Å². The quantitative estimate of drug-likeness (QED) is 0.796. The number of hydrogen-bond acceptors (Lipinski definition) is 2. The first kappa shape index (κ1) is 12.6. The van der Waals surface area contributed by atoms with E-state index in [1.807, 2.05) is 0 Å². The molecule has 4 heteroatoms. The minimum atomic E-state index is -0.224. The van der Waals surface area contributed by atoms with Crippen LogP contribution in [0.3, 0.4) is 0 Å². The van der Waals surface area contributed by atoms with Gasteiger partial charge in [-0.2, -0.15) is 0 Å². The van der Waals surface area contributed by atoms with E-state index in [1.165, 1.54) is 6.07 Å². The van der Waals surface area contributed by atoms with Gasteiger partial charge in [-0.1, -0.05) is 12.1 Å². The molecule has 1 rings (SSSR count). The fraction of sp³-hybridized carbons (Fsp3) is 0.417. The molecule has 0 atom stereocenters. The summed E-state index contributed by atoms with van der Waals surface area (Å²) >= 11 is 0. The number of halogens is 1. The van der Waals surface area contributed by atoms with Gasteiger partial charge in [-0.05, 0) is 37.1 Å². The Balaban J connectivity index is 2.42. The number of amides is 1. The van der Waals surface area contributed by atoms with Gasteiger partial charge in [-0.3, -0.25) is 4.79 Å². The zero-order valence-electron chi connectivity index (χ0n) is 9.42. The standard InChI is InChI=1S/C12H17FN2O/c1-9-7-10(4-5-11(9)13)8-15-12(16)3-2-6-14/h4-5,7H,2-3,6,8,14H2,1H3,(H,15,16).